The fourth-order valence-electron chi connectivity index (χ4n) is 3.19. The van der Waals surface area contributed by atoms with Crippen LogP contribution in [0.15, 0.2) is 60.8 Å². The summed E-state index contributed by atoms with van der Waals surface area (Å²) in [6.07, 6.45) is -2.66. The van der Waals surface area contributed by atoms with E-state index in [0.29, 0.717) is 22.8 Å². The molecule has 0 aliphatic carbocycles. The number of nitrogens with one attached hydrogen (secondary N) is 1. The van der Waals surface area contributed by atoms with Gasteiger partial charge in [-0.15, -0.1) is 10.2 Å². The van der Waals surface area contributed by atoms with E-state index in [9.17, 15) is 13.2 Å². The third kappa shape index (κ3) is 3.76. The first kappa shape index (κ1) is 19.6. The number of rotatable bonds is 4. The van der Waals surface area contributed by atoms with Crippen molar-refractivity contribution in [2.24, 2.45) is 0 Å². The molecular weight excluding hydrogens is 393 g/mol. The molecule has 5 nitrogen and oxygen atoms in total. The van der Waals surface area contributed by atoms with Crippen molar-refractivity contribution in [2.75, 3.05) is 12.4 Å². The van der Waals surface area contributed by atoms with Crippen molar-refractivity contribution in [1.82, 2.24) is 15.2 Å². The first-order chi connectivity index (χ1) is 14.4. The Labute approximate surface area is 170 Å². The van der Waals surface area contributed by atoms with Crippen molar-refractivity contribution in [1.29, 1.82) is 0 Å². The summed E-state index contributed by atoms with van der Waals surface area (Å²) in [7, 11) is 1.51. The summed E-state index contributed by atoms with van der Waals surface area (Å²) in [6, 6.07) is 14.3. The molecule has 0 aliphatic heterocycles. The van der Waals surface area contributed by atoms with E-state index in [1.165, 1.54) is 19.2 Å². The number of halogens is 3. The van der Waals surface area contributed by atoms with E-state index in [2.05, 4.69) is 20.5 Å². The lowest BCUT2D eigenvalue weighted by Gasteiger charge is -2.13. The molecule has 0 saturated carbocycles. The fraction of sp³-hybridized carbons (Fsp3) is 0.136. The zero-order valence-electron chi connectivity index (χ0n) is 16.2. The van der Waals surface area contributed by atoms with Crippen molar-refractivity contribution in [3.05, 3.63) is 71.9 Å². The van der Waals surface area contributed by atoms with Gasteiger partial charge in [-0.1, -0.05) is 12.1 Å². The number of aromatic nitrogens is 3. The van der Waals surface area contributed by atoms with Crippen LogP contribution in [-0.2, 0) is 6.18 Å². The first-order valence-electron chi connectivity index (χ1n) is 9.07. The monoisotopic (exact) mass is 410 g/mol. The molecule has 0 spiro atoms. The number of benzene rings is 2. The van der Waals surface area contributed by atoms with Gasteiger partial charge in [-0.25, -0.2) is 0 Å². The zero-order valence-corrected chi connectivity index (χ0v) is 16.2. The maximum absolute atomic E-state index is 12.8. The predicted octanol–water partition coefficient (Wildman–Crippen LogP) is 5.77. The van der Waals surface area contributed by atoms with Gasteiger partial charge in [-0.2, -0.15) is 13.2 Å². The van der Waals surface area contributed by atoms with Crippen LogP contribution in [0.3, 0.4) is 0 Å². The van der Waals surface area contributed by atoms with E-state index >= 15 is 0 Å². The zero-order chi connectivity index (χ0) is 21.3. The van der Waals surface area contributed by atoms with Crippen LogP contribution in [0.5, 0.6) is 5.88 Å². The van der Waals surface area contributed by atoms with Crippen LogP contribution in [0.4, 0.5) is 24.7 Å². The van der Waals surface area contributed by atoms with Crippen LogP contribution in [0.25, 0.3) is 22.0 Å². The highest BCUT2D eigenvalue weighted by atomic mass is 19.4. The van der Waals surface area contributed by atoms with Gasteiger partial charge in [-0.05, 0) is 55.0 Å². The number of nitrogens with zero attached hydrogens (tertiary/aromatic N) is 3. The molecule has 8 heteroatoms. The molecule has 4 rings (SSSR count). The molecule has 0 saturated heterocycles. The summed E-state index contributed by atoms with van der Waals surface area (Å²) in [5.74, 6) is 0.758. The number of anilines is 2. The molecule has 0 amide bonds. The Morgan fingerprint density at radius 3 is 2.37 bits per heavy atom. The molecule has 4 aromatic rings. The average molecular weight is 410 g/mol. The lowest BCUT2D eigenvalue weighted by Crippen LogP contribution is -2.05. The van der Waals surface area contributed by atoms with Gasteiger partial charge in [0.25, 0.3) is 0 Å². The van der Waals surface area contributed by atoms with E-state index < -0.39 is 11.7 Å². The maximum Gasteiger partial charge on any atom is 0.416 e. The highest BCUT2D eigenvalue weighted by Crippen LogP contribution is 2.34. The Balaban J connectivity index is 1.75. The van der Waals surface area contributed by atoms with Gasteiger partial charge in [0.15, 0.2) is 5.82 Å². The summed E-state index contributed by atoms with van der Waals surface area (Å²) in [5.41, 5.74) is 2.52. The van der Waals surface area contributed by atoms with Crippen molar-refractivity contribution in [2.45, 2.75) is 13.1 Å². The average Bonchev–Trinajstić information content (AvgIpc) is 2.74. The minimum absolute atomic E-state index is 0.346. The number of methoxy groups -OCH3 is 1. The Hall–Kier alpha value is -3.68. The van der Waals surface area contributed by atoms with Crippen molar-refractivity contribution in [3.63, 3.8) is 0 Å². The molecule has 0 fully saturated rings. The molecule has 30 heavy (non-hydrogen) atoms. The molecule has 0 aliphatic rings. The lowest BCUT2D eigenvalue weighted by atomic mass is 10.0. The molecule has 0 radical (unpaired) electrons. The van der Waals surface area contributed by atoms with Gasteiger partial charge in [-0.3, -0.25) is 4.98 Å². The quantitative estimate of drug-likeness (QED) is 0.463. The van der Waals surface area contributed by atoms with Crippen LogP contribution in [-0.4, -0.2) is 22.3 Å². The summed E-state index contributed by atoms with van der Waals surface area (Å²) in [5, 5.41) is 12.7. The van der Waals surface area contributed by atoms with Gasteiger partial charge in [0.2, 0.25) is 5.88 Å². The summed E-state index contributed by atoms with van der Waals surface area (Å²) >= 11 is 0. The highest BCUT2D eigenvalue weighted by molar-refractivity contribution is 5.98. The molecule has 2 aromatic carbocycles. The van der Waals surface area contributed by atoms with Crippen molar-refractivity contribution < 1.29 is 17.9 Å². The standard InChI is InChI=1S/C22H17F3N4O/c1-13-4-3-11-26-19(13)14-5-10-17-18(12-14)21(30-2)29-28-20(17)27-16-8-6-15(7-9-16)22(23,24)25/h3-12H,1-2H3,(H,27,28). The molecule has 2 aromatic heterocycles. The van der Waals surface area contributed by atoms with E-state index in [1.54, 1.807) is 6.20 Å². The van der Waals surface area contributed by atoms with Crippen LogP contribution >= 0.6 is 0 Å². The van der Waals surface area contributed by atoms with Gasteiger partial charge >= 0.3 is 6.18 Å². The molecular formula is C22H17F3N4O. The number of alkyl halides is 3. The largest absolute Gasteiger partial charge is 0.479 e. The van der Waals surface area contributed by atoms with Crippen molar-refractivity contribution >= 4 is 22.3 Å². The molecule has 1 N–H and O–H groups in total. The van der Waals surface area contributed by atoms with E-state index in [0.717, 1.165) is 34.3 Å². The van der Waals surface area contributed by atoms with Crippen LogP contribution in [0.2, 0.25) is 0 Å². The normalized spacial score (nSPS) is 11.5. The topological polar surface area (TPSA) is 59.9 Å². The SMILES string of the molecule is COc1nnc(Nc2ccc(C(F)(F)F)cc2)c2ccc(-c3ncccc3C)cc12. The number of pyridine rings is 1. The summed E-state index contributed by atoms with van der Waals surface area (Å²) < 4.78 is 43.7. The molecule has 0 unspecified atom stereocenters. The lowest BCUT2D eigenvalue weighted by molar-refractivity contribution is -0.137. The van der Waals surface area contributed by atoms with E-state index in [4.69, 9.17) is 4.74 Å². The molecule has 0 atom stereocenters. The number of hydrogen-bond acceptors (Lipinski definition) is 5. The van der Waals surface area contributed by atoms with Gasteiger partial charge in [0, 0.05) is 28.2 Å². The minimum Gasteiger partial charge on any atom is -0.479 e. The van der Waals surface area contributed by atoms with Gasteiger partial charge in [0.05, 0.1) is 18.4 Å². The van der Waals surface area contributed by atoms with Gasteiger partial charge < -0.3 is 10.1 Å². The molecule has 0 bridgehead atoms. The number of fused-ring (bicyclic) bond motifs is 1. The predicted molar refractivity (Wildman–Crippen MR) is 109 cm³/mol. The summed E-state index contributed by atoms with van der Waals surface area (Å²) in [6.45, 7) is 1.98. The summed E-state index contributed by atoms with van der Waals surface area (Å²) in [4.78, 5) is 4.44. The van der Waals surface area contributed by atoms with Crippen LogP contribution in [0, 0.1) is 6.92 Å². The molecule has 2 heterocycles. The third-order valence-electron chi connectivity index (χ3n) is 4.70. The maximum atomic E-state index is 12.8. The second kappa shape index (κ2) is 7.62. The minimum atomic E-state index is -4.38. The van der Waals surface area contributed by atoms with E-state index in [-0.39, 0.29) is 0 Å². The smallest absolute Gasteiger partial charge is 0.416 e. The Morgan fingerprint density at radius 1 is 0.933 bits per heavy atom. The second-order valence-corrected chi connectivity index (χ2v) is 6.69. The number of ether oxygens (including phenoxy) is 1. The Bertz CT molecular complexity index is 1210. The van der Waals surface area contributed by atoms with Crippen LogP contribution in [0.1, 0.15) is 11.1 Å². The van der Waals surface area contributed by atoms with Crippen molar-refractivity contribution in [3.8, 4) is 17.1 Å². The van der Waals surface area contributed by atoms with E-state index in [1.807, 2.05) is 37.3 Å². The second-order valence-electron chi connectivity index (χ2n) is 6.69. The van der Waals surface area contributed by atoms with Crippen LogP contribution < -0.4 is 10.1 Å². The highest BCUT2D eigenvalue weighted by Gasteiger charge is 2.30. The Kier molecular flexibility index (Phi) is 4.99. The number of hydrogen-bond donors (Lipinski definition) is 1. The fourth-order valence-corrected chi connectivity index (χ4v) is 3.19. The third-order valence-corrected chi connectivity index (χ3v) is 4.70. The van der Waals surface area contributed by atoms with Gasteiger partial charge in [0.1, 0.15) is 0 Å². The first-order valence-corrected chi connectivity index (χ1v) is 9.07. The Morgan fingerprint density at radius 2 is 1.70 bits per heavy atom. The molecule has 152 valence electrons. The number of aryl methyl sites for hydroxylation is 1.